The number of hydrogen-bond acceptors (Lipinski definition) is 3. The Morgan fingerprint density at radius 3 is 2.57 bits per heavy atom. The Labute approximate surface area is 157 Å². The van der Waals surface area contributed by atoms with Crippen LogP contribution in [-0.2, 0) is 6.54 Å². The smallest absolute Gasteiger partial charge is 0.191 e. The molecule has 0 heterocycles. The Bertz CT molecular complexity index is 454. The zero-order chi connectivity index (χ0) is 16.2. The van der Waals surface area contributed by atoms with Crippen LogP contribution in [0.3, 0.4) is 0 Å². The molecule has 0 aliphatic heterocycles. The van der Waals surface area contributed by atoms with Gasteiger partial charge in [0.15, 0.2) is 5.96 Å². The number of hydrogen-bond donors (Lipinski definition) is 2. The number of nitrogens with zero attached hydrogens (tertiary/aromatic N) is 2. The first kappa shape index (κ1) is 22.0. The number of para-hydroxylation sites is 1. The summed E-state index contributed by atoms with van der Waals surface area (Å²) in [6, 6.07) is 8.06. The number of likely N-dealkylation sites (N-methyl/N-ethyl adjacent to an activating group) is 1. The Balaban J connectivity index is 0.00000484. The second-order valence-corrected chi connectivity index (χ2v) is 5.06. The lowest BCUT2D eigenvalue weighted by molar-refractivity contribution is 0.336. The van der Waals surface area contributed by atoms with Crippen molar-refractivity contribution in [2.75, 3.05) is 39.8 Å². The van der Waals surface area contributed by atoms with Gasteiger partial charge in [-0.15, -0.1) is 24.0 Å². The summed E-state index contributed by atoms with van der Waals surface area (Å²) in [5, 5.41) is 6.64. The summed E-state index contributed by atoms with van der Waals surface area (Å²) in [4.78, 5) is 6.91. The van der Waals surface area contributed by atoms with Gasteiger partial charge in [-0.2, -0.15) is 0 Å². The third kappa shape index (κ3) is 9.00. The minimum atomic E-state index is 0. The van der Waals surface area contributed by atoms with E-state index in [1.165, 1.54) is 0 Å². The molecular formula is C17H31IN4O. The number of guanidine groups is 1. The van der Waals surface area contributed by atoms with Gasteiger partial charge in [0, 0.05) is 25.2 Å². The number of nitrogens with one attached hydrogen (secondary N) is 2. The predicted molar refractivity (Wildman–Crippen MR) is 109 cm³/mol. The highest BCUT2D eigenvalue weighted by atomic mass is 127. The number of rotatable bonds is 9. The van der Waals surface area contributed by atoms with E-state index >= 15 is 0 Å². The zero-order valence-corrected chi connectivity index (χ0v) is 17.1. The average Bonchev–Trinajstić information content (AvgIpc) is 2.53. The topological polar surface area (TPSA) is 48.9 Å². The standard InChI is InChI=1S/C17H30N4O.HI/c1-5-18-17(19-12-13-21(4)6-2)20-14-15-10-8-9-11-16(15)22-7-3;/h8-11H,5-7,12-14H2,1-4H3,(H2,18,19,20);1H. The van der Waals surface area contributed by atoms with Crippen LogP contribution in [0, 0.1) is 0 Å². The van der Waals surface area contributed by atoms with Crippen molar-refractivity contribution in [1.29, 1.82) is 0 Å². The molecule has 0 unspecified atom stereocenters. The molecule has 1 aromatic rings. The van der Waals surface area contributed by atoms with Crippen LogP contribution in [0.15, 0.2) is 29.3 Å². The largest absolute Gasteiger partial charge is 0.494 e. The van der Waals surface area contributed by atoms with Crippen molar-refractivity contribution >= 4 is 29.9 Å². The van der Waals surface area contributed by atoms with E-state index in [0.29, 0.717) is 13.2 Å². The van der Waals surface area contributed by atoms with Gasteiger partial charge < -0.3 is 20.3 Å². The monoisotopic (exact) mass is 434 g/mol. The van der Waals surface area contributed by atoms with Crippen LogP contribution in [0.1, 0.15) is 26.3 Å². The summed E-state index contributed by atoms with van der Waals surface area (Å²) >= 11 is 0. The molecule has 2 N–H and O–H groups in total. The van der Waals surface area contributed by atoms with Crippen molar-refractivity contribution in [2.24, 2.45) is 4.99 Å². The van der Waals surface area contributed by atoms with Crippen LogP contribution < -0.4 is 15.4 Å². The van der Waals surface area contributed by atoms with Crippen LogP contribution in [0.25, 0.3) is 0 Å². The normalized spacial score (nSPS) is 11.1. The summed E-state index contributed by atoms with van der Waals surface area (Å²) in [7, 11) is 2.12. The van der Waals surface area contributed by atoms with Crippen molar-refractivity contribution in [3.05, 3.63) is 29.8 Å². The summed E-state index contributed by atoms with van der Waals surface area (Å²) < 4.78 is 5.64. The van der Waals surface area contributed by atoms with Gasteiger partial charge in [-0.05, 0) is 33.5 Å². The van der Waals surface area contributed by atoms with E-state index in [1.54, 1.807) is 0 Å². The van der Waals surface area contributed by atoms with E-state index in [1.807, 2.05) is 25.1 Å². The summed E-state index contributed by atoms with van der Waals surface area (Å²) in [5.74, 6) is 1.76. The number of ether oxygens (including phenoxy) is 1. The van der Waals surface area contributed by atoms with Gasteiger partial charge >= 0.3 is 0 Å². The lowest BCUT2D eigenvalue weighted by atomic mass is 10.2. The summed E-state index contributed by atoms with van der Waals surface area (Å²) in [6.07, 6.45) is 0. The van der Waals surface area contributed by atoms with Gasteiger partial charge in [0.2, 0.25) is 0 Å². The molecule has 0 spiro atoms. The molecule has 0 aromatic heterocycles. The lowest BCUT2D eigenvalue weighted by Gasteiger charge is -2.16. The highest BCUT2D eigenvalue weighted by Crippen LogP contribution is 2.18. The van der Waals surface area contributed by atoms with Crippen molar-refractivity contribution in [1.82, 2.24) is 15.5 Å². The molecule has 0 aliphatic carbocycles. The minimum Gasteiger partial charge on any atom is -0.494 e. The molecule has 1 aromatic carbocycles. The fraction of sp³-hybridized carbons (Fsp3) is 0.588. The molecule has 0 saturated carbocycles. The van der Waals surface area contributed by atoms with Gasteiger partial charge in [-0.3, -0.25) is 0 Å². The van der Waals surface area contributed by atoms with E-state index < -0.39 is 0 Å². The maximum Gasteiger partial charge on any atom is 0.191 e. The zero-order valence-electron chi connectivity index (χ0n) is 14.8. The predicted octanol–water partition coefficient (Wildman–Crippen LogP) is 2.71. The number of benzene rings is 1. The molecule has 1 rings (SSSR count). The Morgan fingerprint density at radius 2 is 1.91 bits per heavy atom. The van der Waals surface area contributed by atoms with Crippen LogP contribution in [0.5, 0.6) is 5.75 Å². The SMILES string of the molecule is CCNC(=NCc1ccccc1OCC)NCCN(C)CC.I. The maximum atomic E-state index is 5.64. The van der Waals surface area contributed by atoms with Crippen molar-refractivity contribution < 1.29 is 4.74 Å². The quantitative estimate of drug-likeness (QED) is 0.357. The first-order chi connectivity index (χ1) is 10.7. The Kier molecular flexibility index (Phi) is 12.8. The molecule has 6 heteroatoms. The molecule has 0 fully saturated rings. The van der Waals surface area contributed by atoms with Crippen molar-refractivity contribution in [2.45, 2.75) is 27.3 Å². The fourth-order valence-corrected chi connectivity index (χ4v) is 1.96. The number of halogens is 1. The molecule has 0 aliphatic rings. The van der Waals surface area contributed by atoms with Crippen molar-refractivity contribution in [3.63, 3.8) is 0 Å². The molecule has 0 atom stereocenters. The highest BCUT2D eigenvalue weighted by molar-refractivity contribution is 14.0. The summed E-state index contributed by atoms with van der Waals surface area (Å²) in [5.41, 5.74) is 1.10. The van der Waals surface area contributed by atoms with Crippen LogP contribution in [0.4, 0.5) is 0 Å². The Hall–Kier alpha value is -1.02. The molecule has 0 amide bonds. The highest BCUT2D eigenvalue weighted by Gasteiger charge is 2.03. The van der Waals surface area contributed by atoms with Gasteiger partial charge in [-0.1, -0.05) is 25.1 Å². The van der Waals surface area contributed by atoms with Crippen LogP contribution in [0.2, 0.25) is 0 Å². The molecular weight excluding hydrogens is 403 g/mol. The summed E-state index contributed by atoms with van der Waals surface area (Å²) in [6.45, 7) is 11.3. The first-order valence-corrected chi connectivity index (χ1v) is 8.12. The third-order valence-corrected chi connectivity index (χ3v) is 3.35. The van der Waals surface area contributed by atoms with E-state index in [0.717, 1.165) is 43.5 Å². The molecule has 0 saturated heterocycles. The fourth-order valence-electron chi connectivity index (χ4n) is 1.96. The maximum absolute atomic E-state index is 5.64. The molecule has 132 valence electrons. The van der Waals surface area contributed by atoms with Gasteiger partial charge in [0.1, 0.15) is 5.75 Å². The van der Waals surface area contributed by atoms with E-state index in [-0.39, 0.29) is 24.0 Å². The van der Waals surface area contributed by atoms with Crippen LogP contribution >= 0.6 is 24.0 Å². The number of aliphatic imine (C=N–C) groups is 1. The lowest BCUT2D eigenvalue weighted by Crippen LogP contribution is -2.40. The molecule has 0 bridgehead atoms. The van der Waals surface area contributed by atoms with E-state index in [4.69, 9.17) is 4.74 Å². The van der Waals surface area contributed by atoms with Crippen molar-refractivity contribution in [3.8, 4) is 5.75 Å². The molecule has 5 nitrogen and oxygen atoms in total. The van der Waals surface area contributed by atoms with Gasteiger partial charge in [0.05, 0.1) is 13.2 Å². The minimum absolute atomic E-state index is 0. The molecule has 0 radical (unpaired) electrons. The van der Waals surface area contributed by atoms with E-state index in [9.17, 15) is 0 Å². The average molecular weight is 434 g/mol. The second kappa shape index (κ2) is 13.4. The van der Waals surface area contributed by atoms with Gasteiger partial charge in [0.25, 0.3) is 0 Å². The third-order valence-electron chi connectivity index (χ3n) is 3.35. The van der Waals surface area contributed by atoms with Crippen LogP contribution in [-0.4, -0.2) is 50.7 Å². The van der Waals surface area contributed by atoms with Gasteiger partial charge in [-0.25, -0.2) is 4.99 Å². The second-order valence-electron chi connectivity index (χ2n) is 5.06. The molecule has 23 heavy (non-hydrogen) atoms. The first-order valence-electron chi connectivity index (χ1n) is 8.12. The Morgan fingerprint density at radius 1 is 1.17 bits per heavy atom. The van der Waals surface area contributed by atoms with E-state index in [2.05, 4.69) is 47.5 Å².